The zero-order chi connectivity index (χ0) is 15.6. The Bertz CT molecular complexity index is 486. The molecule has 1 N–H and O–H groups in total. The molecule has 0 heterocycles. The lowest BCUT2D eigenvalue weighted by molar-refractivity contribution is -0.114. The lowest BCUT2D eigenvalue weighted by Gasteiger charge is -2.50. The minimum Gasteiger partial charge on any atom is -0.392 e. The van der Waals surface area contributed by atoms with E-state index in [-0.39, 0.29) is 23.2 Å². The van der Waals surface area contributed by atoms with Crippen molar-refractivity contribution in [2.75, 3.05) is 0 Å². The Hall–Kier alpha value is -1.15. The predicted octanol–water partition coefficient (Wildman–Crippen LogP) is 4.21. The quantitative estimate of drug-likeness (QED) is 0.621. The third kappa shape index (κ3) is 2.66. The molecule has 1 saturated carbocycles. The average molecular weight is 288 g/mol. The number of rotatable bonds is 4. The van der Waals surface area contributed by atoms with Crippen LogP contribution in [0.25, 0.3) is 0 Å². The topological polar surface area (TPSA) is 37.3 Å². The number of ketones is 1. The van der Waals surface area contributed by atoms with Crippen molar-refractivity contribution in [3.05, 3.63) is 36.0 Å². The minimum atomic E-state index is -0.376. The molecular weight excluding hydrogens is 260 g/mol. The van der Waals surface area contributed by atoms with Crippen molar-refractivity contribution in [2.24, 2.45) is 17.3 Å². The summed E-state index contributed by atoms with van der Waals surface area (Å²) in [7, 11) is 0. The fraction of sp³-hybridized carbons (Fsp3) is 0.632. The van der Waals surface area contributed by atoms with Gasteiger partial charge in [0, 0.05) is 5.41 Å². The van der Waals surface area contributed by atoms with E-state index in [2.05, 4.69) is 33.4 Å². The Kier molecular flexibility index (Phi) is 4.88. The Morgan fingerprint density at radius 1 is 1.57 bits per heavy atom. The summed E-state index contributed by atoms with van der Waals surface area (Å²) in [6.45, 7) is 10.3. The predicted molar refractivity (Wildman–Crippen MR) is 86.9 cm³/mol. The van der Waals surface area contributed by atoms with Gasteiger partial charge in [-0.05, 0) is 49.2 Å². The van der Waals surface area contributed by atoms with Gasteiger partial charge in [0.15, 0.2) is 5.78 Å². The summed E-state index contributed by atoms with van der Waals surface area (Å²) in [6, 6.07) is 0. The first kappa shape index (κ1) is 16.2. The van der Waals surface area contributed by atoms with E-state index in [1.165, 1.54) is 0 Å². The second kappa shape index (κ2) is 6.31. The van der Waals surface area contributed by atoms with Gasteiger partial charge in [0.1, 0.15) is 0 Å². The summed E-state index contributed by atoms with van der Waals surface area (Å²) < 4.78 is 0. The number of hydrogen-bond acceptors (Lipinski definition) is 2. The van der Waals surface area contributed by atoms with Crippen LogP contribution < -0.4 is 0 Å². The maximum atomic E-state index is 12.5. The van der Waals surface area contributed by atoms with E-state index < -0.39 is 0 Å². The van der Waals surface area contributed by atoms with Crippen LogP contribution in [0.2, 0.25) is 0 Å². The lowest BCUT2D eigenvalue weighted by Crippen LogP contribution is -2.48. The van der Waals surface area contributed by atoms with Gasteiger partial charge in [-0.1, -0.05) is 44.9 Å². The SMILES string of the molecule is C=CC[C@@]12C(=CC(=O)/C(=C/C(C)CC)[C@@H]1C)CCC[C@@H]2O. The molecule has 4 atom stereocenters. The van der Waals surface area contributed by atoms with Gasteiger partial charge in [-0.25, -0.2) is 0 Å². The van der Waals surface area contributed by atoms with Crippen LogP contribution in [-0.4, -0.2) is 17.0 Å². The minimum absolute atomic E-state index is 0.0623. The van der Waals surface area contributed by atoms with Gasteiger partial charge in [-0.2, -0.15) is 0 Å². The normalized spacial score (nSPS) is 36.1. The number of aliphatic hydroxyl groups is 1. The summed E-state index contributed by atoms with van der Waals surface area (Å²) in [4.78, 5) is 12.5. The second-order valence-electron chi connectivity index (χ2n) is 6.70. The van der Waals surface area contributed by atoms with E-state index in [0.717, 1.165) is 43.3 Å². The summed E-state index contributed by atoms with van der Waals surface area (Å²) in [5, 5.41) is 10.7. The van der Waals surface area contributed by atoms with Crippen LogP contribution in [0.5, 0.6) is 0 Å². The molecule has 21 heavy (non-hydrogen) atoms. The molecule has 0 bridgehead atoms. The Balaban J connectivity index is 2.53. The van der Waals surface area contributed by atoms with Gasteiger partial charge in [0.25, 0.3) is 0 Å². The number of hydrogen-bond donors (Lipinski definition) is 1. The highest BCUT2D eigenvalue weighted by molar-refractivity contribution is 6.06. The molecule has 2 heteroatoms. The fourth-order valence-corrected chi connectivity index (χ4v) is 4.03. The first-order valence-electron chi connectivity index (χ1n) is 8.23. The molecule has 116 valence electrons. The summed E-state index contributed by atoms with van der Waals surface area (Å²) >= 11 is 0. The van der Waals surface area contributed by atoms with Crippen molar-refractivity contribution in [1.82, 2.24) is 0 Å². The Morgan fingerprint density at radius 3 is 2.90 bits per heavy atom. The largest absolute Gasteiger partial charge is 0.392 e. The van der Waals surface area contributed by atoms with Crippen LogP contribution in [0.15, 0.2) is 36.0 Å². The van der Waals surface area contributed by atoms with E-state index in [4.69, 9.17) is 0 Å². The maximum absolute atomic E-state index is 12.5. The molecule has 1 unspecified atom stereocenters. The van der Waals surface area contributed by atoms with Gasteiger partial charge in [0.05, 0.1) is 6.10 Å². The molecular formula is C19H28O2. The van der Waals surface area contributed by atoms with E-state index in [9.17, 15) is 9.90 Å². The molecule has 1 fully saturated rings. The van der Waals surface area contributed by atoms with Crippen LogP contribution in [0.4, 0.5) is 0 Å². The molecule has 0 spiro atoms. The van der Waals surface area contributed by atoms with Crippen molar-refractivity contribution in [2.45, 2.75) is 59.0 Å². The van der Waals surface area contributed by atoms with E-state index in [1.54, 1.807) is 6.08 Å². The second-order valence-corrected chi connectivity index (χ2v) is 6.70. The number of carbonyl (C=O) groups is 1. The summed E-state index contributed by atoms with van der Waals surface area (Å²) in [5.41, 5.74) is 1.71. The fourth-order valence-electron chi connectivity index (χ4n) is 4.03. The zero-order valence-electron chi connectivity index (χ0n) is 13.6. The highest BCUT2D eigenvalue weighted by Crippen LogP contribution is 2.54. The highest BCUT2D eigenvalue weighted by Gasteiger charge is 2.50. The lowest BCUT2D eigenvalue weighted by atomic mass is 9.55. The molecule has 0 aromatic carbocycles. The van der Waals surface area contributed by atoms with Crippen molar-refractivity contribution in [1.29, 1.82) is 0 Å². The molecule has 2 nitrogen and oxygen atoms in total. The molecule has 2 aliphatic carbocycles. The van der Waals surface area contributed by atoms with Crippen LogP contribution >= 0.6 is 0 Å². The molecule has 0 aliphatic heterocycles. The van der Waals surface area contributed by atoms with Crippen LogP contribution in [0.1, 0.15) is 52.9 Å². The Labute approximate surface area is 128 Å². The van der Waals surface area contributed by atoms with Gasteiger partial charge in [-0.15, -0.1) is 6.58 Å². The van der Waals surface area contributed by atoms with Crippen molar-refractivity contribution >= 4 is 5.78 Å². The molecule has 0 aromatic rings. The molecule has 2 aliphatic rings. The van der Waals surface area contributed by atoms with Crippen molar-refractivity contribution in [3.8, 4) is 0 Å². The standard InChI is InChI=1S/C19H28O2/c1-5-10-19-14(4)16(11-13(3)6-2)17(20)12-15(19)8-7-9-18(19)21/h5,11-14,18,21H,1,6-10H2,2-4H3/b16-11+/t13?,14-,18-,19-/m0/s1. The van der Waals surface area contributed by atoms with Crippen LogP contribution in [0.3, 0.4) is 0 Å². The summed E-state index contributed by atoms with van der Waals surface area (Å²) in [5.74, 6) is 0.599. The van der Waals surface area contributed by atoms with Crippen LogP contribution in [-0.2, 0) is 4.79 Å². The van der Waals surface area contributed by atoms with E-state index >= 15 is 0 Å². The molecule has 2 rings (SSSR count). The van der Waals surface area contributed by atoms with Gasteiger partial charge in [-0.3, -0.25) is 4.79 Å². The third-order valence-corrected chi connectivity index (χ3v) is 5.54. The first-order valence-corrected chi connectivity index (χ1v) is 8.23. The number of aliphatic hydroxyl groups excluding tert-OH is 1. The molecule has 0 saturated heterocycles. The van der Waals surface area contributed by atoms with Gasteiger partial charge < -0.3 is 5.11 Å². The van der Waals surface area contributed by atoms with Gasteiger partial charge >= 0.3 is 0 Å². The van der Waals surface area contributed by atoms with E-state index in [1.807, 2.05) is 6.08 Å². The monoisotopic (exact) mass is 288 g/mol. The highest BCUT2D eigenvalue weighted by atomic mass is 16.3. The summed E-state index contributed by atoms with van der Waals surface area (Å²) in [6.07, 6.45) is 9.93. The van der Waals surface area contributed by atoms with Crippen molar-refractivity contribution in [3.63, 3.8) is 0 Å². The van der Waals surface area contributed by atoms with Crippen molar-refractivity contribution < 1.29 is 9.90 Å². The van der Waals surface area contributed by atoms with Crippen LogP contribution in [0, 0.1) is 17.3 Å². The molecule has 0 radical (unpaired) electrons. The number of fused-ring (bicyclic) bond motifs is 1. The van der Waals surface area contributed by atoms with E-state index in [0.29, 0.717) is 5.92 Å². The average Bonchev–Trinajstić information content (AvgIpc) is 2.46. The smallest absolute Gasteiger partial charge is 0.181 e. The molecule has 0 aromatic heterocycles. The molecule has 0 amide bonds. The van der Waals surface area contributed by atoms with Gasteiger partial charge in [0.2, 0.25) is 0 Å². The maximum Gasteiger partial charge on any atom is 0.181 e. The Morgan fingerprint density at radius 2 is 2.29 bits per heavy atom. The number of carbonyl (C=O) groups excluding carboxylic acids is 1. The third-order valence-electron chi connectivity index (χ3n) is 5.54. The zero-order valence-corrected chi connectivity index (χ0v) is 13.6. The first-order chi connectivity index (χ1) is 9.97. The number of allylic oxidation sites excluding steroid dienone is 4.